The van der Waals surface area contributed by atoms with Crippen molar-refractivity contribution in [2.75, 3.05) is 20.8 Å². The van der Waals surface area contributed by atoms with E-state index in [0.717, 1.165) is 11.1 Å². The van der Waals surface area contributed by atoms with Crippen LogP contribution in [-0.4, -0.2) is 31.4 Å². The fourth-order valence-electron chi connectivity index (χ4n) is 3.80. The first kappa shape index (κ1) is 22.5. The third kappa shape index (κ3) is 4.34. The zero-order chi connectivity index (χ0) is 23.5. The highest BCUT2D eigenvalue weighted by Gasteiger charge is 2.33. The van der Waals surface area contributed by atoms with Crippen molar-refractivity contribution in [2.24, 2.45) is 4.99 Å². The van der Waals surface area contributed by atoms with E-state index in [2.05, 4.69) is 4.99 Å². The van der Waals surface area contributed by atoms with Gasteiger partial charge in [0, 0.05) is 0 Å². The maximum Gasteiger partial charge on any atom is 0.338 e. The van der Waals surface area contributed by atoms with Crippen LogP contribution in [0.1, 0.15) is 31.0 Å². The highest BCUT2D eigenvalue weighted by molar-refractivity contribution is 7.07. The summed E-state index contributed by atoms with van der Waals surface area (Å²) in [5, 5.41) is 0. The number of allylic oxidation sites excluding steroid dienone is 1. The number of ether oxygens (including phenoxy) is 3. The van der Waals surface area contributed by atoms with Crippen LogP contribution in [0, 0.1) is 0 Å². The molecular weight excluding hydrogens is 440 g/mol. The van der Waals surface area contributed by atoms with E-state index in [9.17, 15) is 9.59 Å². The molecule has 0 aliphatic carbocycles. The average molecular weight is 465 g/mol. The monoisotopic (exact) mass is 464 g/mol. The Morgan fingerprint density at radius 3 is 2.52 bits per heavy atom. The molecule has 33 heavy (non-hydrogen) atoms. The Kier molecular flexibility index (Phi) is 6.46. The molecule has 170 valence electrons. The van der Waals surface area contributed by atoms with Crippen LogP contribution in [0.4, 0.5) is 0 Å². The fourth-order valence-corrected chi connectivity index (χ4v) is 4.85. The quantitative estimate of drug-likeness (QED) is 0.524. The number of nitrogens with zero attached hydrogens (tertiary/aromatic N) is 2. The number of fused-ring (bicyclic) bond motifs is 1. The first-order chi connectivity index (χ1) is 16.0. The summed E-state index contributed by atoms with van der Waals surface area (Å²) in [5.41, 5.74) is 2.20. The van der Waals surface area contributed by atoms with Gasteiger partial charge in [-0.3, -0.25) is 9.36 Å². The summed E-state index contributed by atoms with van der Waals surface area (Å²) in [4.78, 5) is 31.6. The molecule has 3 aromatic rings. The highest BCUT2D eigenvalue weighted by atomic mass is 32.1. The lowest BCUT2D eigenvalue weighted by molar-refractivity contribution is -0.139. The van der Waals surface area contributed by atoms with Crippen molar-refractivity contribution in [3.63, 3.8) is 0 Å². The Bertz CT molecular complexity index is 1420. The van der Waals surface area contributed by atoms with Gasteiger partial charge in [-0.2, -0.15) is 0 Å². The van der Waals surface area contributed by atoms with Gasteiger partial charge in [0.1, 0.15) is 11.5 Å². The molecule has 8 heteroatoms. The van der Waals surface area contributed by atoms with E-state index in [1.165, 1.54) is 11.3 Å². The SMILES string of the molecule is CCOC(=O)C1=C(C)N=c2s/c(=C\c3cccc(OC)c3)c(=O)n2C1c1cccc(OC)c1. The van der Waals surface area contributed by atoms with Crippen molar-refractivity contribution in [1.82, 2.24) is 4.57 Å². The van der Waals surface area contributed by atoms with E-state index in [0.29, 0.717) is 32.1 Å². The molecular formula is C25H24N2O5S. The number of methoxy groups -OCH3 is 2. The molecule has 0 spiro atoms. The molecule has 0 saturated heterocycles. The summed E-state index contributed by atoms with van der Waals surface area (Å²) in [6, 6.07) is 14.1. The smallest absolute Gasteiger partial charge is 0.338 e. The van der Waals surface area contributed by atoms with Crippen LogP contribution in [0.15, 0.2) is 69.6 Å². The average Bonchev–Trinajstić information content (AvgIpc) is 3.12. The van der Waals surface area contributed by atoms with Crippen molar-refractivity contribution in [1.29, 1.82) is 0 Å². The third-order valence-electron chi connectivity index (χ3n) is 5.32. The lowest BCUT2D eigenvalue weighted by Gasteiger charge is -2.25. The summed E-state index contributed by atoms with van der Waals surface area (Å²) in [5.74, 6) is 0.837. The van der Waals surface area contributed by atoms with Crippen LogP contribution in [0.2, 0.25) is 0 Å². The largest absolute Gasteiger partial charge is 0.497 e. The summed E-state index contributed by atoms with van der Waals surface area (Å²) in [7, 11) is 3.17. The summed E-state index contributed by atoms with van der Waals surface area (Å²) >= 11 is 1.28. The zero-order valence-electron chi connectivity index (χ0n) is 18.8. The van der Waals surface area contributed by atoms with Gasteiger partial charge < -0.3 is 14.2 Å². The van der Waals surface area contributed by atoms with Crippen LogP contribution in [-0.2, 0) is 9.53 Å². The fraction of sp³-hybridized carbons (Fsp3) is 0.240. The van der Waals surface area contributed by atoms with Crippen LogP contribution in [0.5, 0.6) is 11.5 Å². The Hall–Kier alpha value is -3.65. The van der Waals surface area contributed by atoms with Crippen LogP contribution in [0.25, 0.3) is 6.08 Å². The standard InChI is InChI=1S/C25H24N2O5S/c1-5-32-24(29)21-15(2)26-25-27(22(21)17-9-7-11-19(14-17)31-4)23(28)20(33-25)13-16-8-6-10-18(12-16)30-3/h6-14,22H,5H2,1-4H3/b20-13-. The van der Waals surface area contributed by atoms with Gasteiger partial charge in [-0.25, -0.2) is 9.79 Å². The third-order valence-corrected chi connectivity index (χ3v) is 6.30. The molecule has 1 atom stereocenters. The van der Waals surface area contributed by atoms with Crippen LogP contribution in [0.3, 0.4) is 0 Å². The molecule has 4 rings (SSSR count). The molecule has 0 radical (unpaired) electrons. The Balaban J connectivity index is 1.95. The first-order valence-electron chi connectivity index (χ1n) is 10.4. The molecule has 0 fully saturated rings. The van der Waals surface area contributed by atoms with E-state index < -0.39 is 12.0 Å². The number of carbonyl (C=O) groups excluding carboxylic acids is 1. The van der Waals surface area contributed by atoms with Crippen molar-refractivity contribution in [3.05, 3.63) is 90.6 Å². The number of benzene rings is 2. The lowest BCUT2D eigenvalue weighted by atomic mass is 9.95. The molecule has 0 bridgehead atoms. The first-order valence-corrected chi connectivity index (χ1v) is 11.3. The topological polar surface area (TPSA) is 79.1 Å². The van der Waals surface area contributed by atoms with Crippen molar-refractivity contribution in [2.45, 2.75) is 19.9 Å². The number of hydrogen-bond donors (Lipinski definition) is 0. The van der Waals surface area contributed by atoms with E-state index in [4.69, 9.17) is 14.2 Å². The van der Waals surface area contributed by atoms with Gasteiger partial charge >= 0.3 is 5.97 Å². The minimum absolute atomic E-state index is 0.223. The molecule has 2 heterocycles. The lowest BCUT2D eigenvalue weighted by Crippen LogP contribution is -2.39. The van der Waals surface area contributed by atoms with E-state index in [1.807, 2.05) is 48.5 Å². The van der Waals surface area contributed by atoms with Crippen molar-refractivity contribution in [3.8, 4) is 11.5 Å². The molecule has 7 nitrogen and oxygen atoms in total. The second-order valence-electron chi connectivity index (χ2n) is 7.36. The normalized spacial score (nSPS) is 15.6. The summed E-state index contributed by atoms with van der Waals surface area (Å²) in [6.45, 7) is 3.73. The Labute approximate surface area is 194 Å². The van der Waals surface area contributed by atoms with Gasteiger partial charge in [-0.05, 0) is 55.3 Å². The Morgan fingerprint density at radius 1 is 1.12 bits per heavy atom. The second kappa shape index (κ2) is 9.46. The molecule has 0 N–H and O–H groups in total. The highest BCUT2D eigenvalue weighted by Crippen LogP contribution is 2.32. The molecule has 1 unspecified atom stereocenters. The number of thiazole rings is 1. The summed E-state index contributed by atoms with van der Waals surface area (Å²) in [6.07, 6.45) is 1.80. The molecule has 2 aromatic carbocycles. The van der Waals surface area contributed by atoms with Gasteiger partial charge in [0.05, 0.1) is 42.7 Å². The van der Waals surface area contributed by atoms with Gasteiger partial charge in [-0.15, -0.1) is 0 Å². The van der Waals surface area contributed by atoms with Gasteiger partial charge in [0.2, 0.25) is 0 Å². The number of aromatic nitrogens is 1. The second-order valence-corrected chi connectivity index (χ2v) is 8.36. The van der Waals surface area contributed by atoms with Crippen molar-refractivity contribution >= 4 is 23.4 Å². The number of rotatable bonds is 6. The number of esters is 1. The molecule has 1 aromatic heterocycles. The van der Waals surface area contributed by atoms with Crippen molar-refractivity contribution < 1.29 is 19.0 Å². The van der Waals surface area contributed by atoms with Gasteiger partial charge in [0.15, 0.2) is 4.80 Å². The van der Waals surface area contributed by atoms with E-state index in [1.54, 1.807) is 38.7 Å². The maximum atomic E-state index is 13.6. The minimum Gasteiger partial charge on any atom is -0.497 e. The molecule has 0 amide bonds. The predicted molar refractivity (Wildman–Crippen MR) is 126 cm³/mol. The van der Waals surface area contributed by atoms with Gasteiger partial charge in [-0.1, -0.05) is 35.6 Å². The van der Waals surface area contributed by atoms with E-state index >= 15 is 0 Å². The molecule has 0 saturated carbocycles. The molecule has 1 aliphatic heterocycles. The van der Waals surface area contributed by atoms with Crippen LogP contribution >= 0.6 is 11.3 Å². The minimum atomic E-state index is -0.678. The maximum absolute atomic E-state index is 13.6. The predicted octanol–water partition coefficient (Wildman–Crippen LogP) is 2.82. The van der Waals surface area contributed by atoms with E-state index in [-0.39, 0.29) is 12.2 Å². The molecule has 1 aliphatic rings. The Morgan fingerprint density at radius 2 is 1.82 bits per heavy atom. The number of hydrogen-bond acceptors (Lipinski definition) is 7. The zero-order valence-corrected chi connectivity index (χ0v) is 19.6. The summed E-state index contributed by atoms with van der Waals surface area (Å²) < 4.78 is 18.1. The number of carbonyl (C=O) groups is 1. The van der Waals surface area contributed by atoms with Crippen LogP contribution < -0.4 is 24.4 Å². The van der Waals surface area contributed by atoms with Gasteiger partial charge in [0.25, 0.3) is 5.56 Å².